The van der Waals surface area contributed by atoms with Crippen LogP contribution >= 0.6 is 0 Å². The minimum Gasteiger partial charge on any atom is -0.693 e. The first-order valence-electron chi connectivity index (χ1n) is 1.22. The Kier molecular flexibility index (Phi) is 36.0. The molecule has 0 aromatic carbocycles. The van der Waals surface area contributed by atoms with Gasteiger partial charge in [-0.2, -0.15) is 0 Å². The Morgan fingerprint density at radius 2 is 0.900 bits per heavy atom. The molecule has 0 fully saturated rings. The van der Waals surface area contributed by atoms with Gasteiger partial charge in [-0.1, -0.05) is 0 Å². The molecule has 0 aliphatic heterocycles. The topological polar surface area (TPSA) is 152 Å². The zero-order valence-corrected chi connectivity index (χ0v) is 6.14. The van der Waals surface area contributed by atoms with Crippen LogP contribution < -0.4 is 0 Å². The normalized spacial score (nSPS) is 3.60. The molecule has 0 bridgehead atoms. The van der Waals surface area contributed by atoms with Crippen LogP contribution in [0.2, 0.25) is 0 Å². The van der Waals surface area contributed by atoms with Gasteiger partial charge >= 0.3 is 41.5 Å². The summed E-state index contributed by atoms with van der Waals surface area (Å²) in [5.41, 5.74) is 0. The average Bonchev–Trinajstić information content (AvgIpc) is 1.72. The fourth-order valence-corrected chi connectivity index (χ4v) is 0.210. The van der Waals surface area contributed by atoms with Gasteiger partial charge in [-0.05, 0) is 0 Å². The average molecular weight is 184 g/mol. The zero-order chi connectivity index (χ0) is 5.70. The van der Waals surface area contributed by atoms with Gasteiger partial charge in [0.2, 0.25) is 0 Å². The van der Waals surface area contributed by atoms with Crippen molar-refractivity contribution < 1.29 is 27.2 Å². The summed E-state index contributed by atoms with van der Waals surface area (Å²) < 4.78 is 3.69. The molecular weight excluding hydrogens is 178 g/mol. The van der Waals surface area contributed by atoms with E-state index < -0.39 is 12.8 Å². The molecular formula is C3H6CrN3O3-3. The molecule has 0 rings (SSSR count). The first kappa shape index (κ1) is 22.9. The molecule has 0 aromatic rings. The van der Waals surface area contributed by atoms with Crippen LogP contribution in [0.4, 0.5) is 0 Å². The summed E-state index contributed by atoms with van der Waals surface area (Å²) in [6.45, 7) is 0. The van der Waals surface area contributed by atoms with Crippen LogP contribution in [0.25, 0.3) is 18.5 Å². The Balaban J connectivity index is -0.0000000600. The summed E-state index contributed by atoms with van der Waals surface area (Å²) in [5.74, 6) is 0. The molecule has 0 unspecified atom stereocenters. The van der Waals surface area contributed by atoms with Gasteiger partial charge in [0, 0.05) is 0 Å². The van der Waals surface area contributed by atoms with Crippen LogP contribution in [0.5, 0.6) is 0 Å². The Hall–Kier alpha value is -0.848. The van der Waals surface area contributed by atoms with Gasteiger partial charge in [0.25, 0.3) is 0 Å². The van der Waals surface area contributed by atoms with Crippen LogP contribution in [-0.4, -0.2) is 14.2 Å². The second kappa shape index (κ2) is 15.7. The maximum absolute atomic E-state index is 9.37. The molecule has 6 N–H and O–H groups in total. The van der Waals surface area contributed by atoms with Crippen molar-refractivity contribution in [3.8, 4) is 0 Å². The molecule has 0 aliphatic rings. The minimum atomic E-state index is -2.47. The molecule has 0 saturated heterocycles. The molecule has 0 radical (unpaired) electrons. The molecule has 0 heterocycles. The molecule has 10 heavy (non-hydrogen) atoms. The van der Waals surface area contributed by atoms with Gasteiger partial charge in [-0.25, -0.2) is 0 Å². The fraction of sp³-hybridized carbons (Fsp3) is 0. The fourth-order valence-electron chi connectivity index (χ4n) is 0.0510. The van der Waals surface area contributed by atoms with Crippen molar-refractivity contribution in [3.05, 3.63) is 18.5 Å². The molecule has 0 aliphatic carbocycles. The summed E-state index contributed by atoms with van der Waals surface area (Å²) >= 11 is -2.47. The third-order valence-electron chi connectivity index (χ3n) is 0.250. The van der Waals surface area contributed by atoms with Crippen molar-refractivity contribution in [1.82, 2.24) is 0 Å². The molecule has 7 heteroatoms. The monoisotopic (exact) mass is 184 g/mol. The van der Waals surface area contributed by atoms with Gasteiger partial charge in [0.05, 0.1) is 0 Å². The van der Waals surface area contributed by atoms with Gasteiger partial charge in [0.15, 0.2) is 0 Å². The van der Waals surface area contributed by atoms with E-state index >= 15 is 0 Å². The predicted octanol–water partition coefficient (Wildman–Crippen LogP) is 0.957. The molecule has 0 aromatic heterocycles. The van der Waals surface area contributed by atoms with Crippen molar-refractivity contribution in [2.45, 2.75) is 0 Å². The van der Waals surface area contributed by atoms with E-state index in [9.17, 15) is 14.4 Å². The van der Waals surface area contributed by atoms with Crippen LogP contribution in [0.15, 0.2) is 0 Å². The summed E-state index contributed by atoms with van der Waals surface area (Å²) in [7, 11) is 0. The van der Waals surface area contributed by atoms with Crippen molar-refractivity contribution >= 4 is 14.2 Å². The van der Waals surface area contributed by atoms with Gasteiger partial charge in [0.1, 0.15) is 0 Å². The first-order valence-corrected chi connectivity index (χ1v) is 3.14. The smallest absolute Gasteiger partial charge is 0.693 e. The zero-order valence-electron chi connectivity index (χ0n) is 4.87. The van der Waals surface area contributed by atoms with E-state index in [1.54, 1.807) is 0 Å². The SMILES string of the molecule is O=[C]=[Cr](=[C]=O)=[C]=O.[NH2-].[NH2-].[NH2-]. The number of hydrogen-bond acceptors (Lipinski definition) is 3. The van der Waals surface area contributed by atoms with Gasteiger partial charge in [-0.15, -0.1) is 0 Å². The van der Waals surface area contributed by atoms with Gasteiger partial charge in [-0.3, -0.25) is 0 Å². The minimum absolute atomic E-state index is 0. The largest absolute Gasteiger partial charge is 0.693 e. The Morgan fingerprint density at radius 1 is 0.700 bits per heavy atom. The van der Waals surface area contributed by atoms with Crippen LogP contribution in [-0.2, 0) is 27.2 Å². The summed E-state index contributed by atoms with van der Waals surface area (Å²) in [6.07, 6.45) is 0. The molecule has 0 saturated carbocycles. The van der Waals surface area contributed by atoms with E-state index in [2.05, 4.69) is 0 Å². The third kappa shape index (κ3) is 10.2. The molecule has 6 nitrogen and oxygen atoms in total. The first-order chi connectivity index (χ1) is 3.35. The summed E-state index contributed by atoms with van der Waals surface area (Å²) in [5, 5.41) is 0. The molecule has 0 amide bonds. The second-order valence-electron chi connectivity index (χ2n) is 0.556. The standard InChI is InChI=1S/3CO.Cr.3H2N/c3*1-2;;;;/h;;;;3*1H2/q;;;;3*-1. The van der Waals surface area contributed by atoms with Crippen molar-refractivity contribution in [2.75, 3.05) is 0 Å². The van der Waals surface area contributed by atoms with Crippen molar-refractivity contribution in [2.24, 2.45) is 0 Å². The van der Waals surface area contributed by atoms with Crippen LogP contribution in [0.3, 0.4) is 0 Å². The van der Waals surface area contributed by atoms with E-state index in [1.165, 1.54) is 14.2 Å². The quantitative estimate of drug-likeness (QED) is 0.550. The van der Waals surface area contributed by atoms with Crippen LogP contribution in [0.1, 0.15) is 0 Å². The molecule has 60 valence electrons. The second-order valence-corrected chi connectivity index (χ2v) is 2.29. The number of nitrogens with two attached hydrogens (primary N) is 3. The Bertz CT molecular complexity index is 218. The molecule has 0 spiro atoms. The number of hydrogen-bond donors (Lipinski definition) is 0. The third-order valence-corrected chi connectivity index (χ3v) is 1.03. The number of carbonyl (C=O) groups excluding carboxylic acids is 3. The Morgan fingerprint density at radius 3 is 0.900 bits per heavy atom. The summed E-state index contributed by atoms with van der Waals surface area (Å²) in [6, 6.07) is 0. The maximum Gasteiger partial charge on any atom is -0.693 e. The van der Waals surface area contributed by atoms with Gasteiger partial charge < -0.3 is 18.5 Å². The van der Waals surface area contributed by atoms with Crippen molar-refractivity contribution in [1.29, 1.82) is 0 Å². The summed E-state index contributed by atoms with van der Waals surface area (Å²) in [4.78, 5) is 28.1. The number of rotatable bonds is 0. The molecule has 0 atom stereocenters. The van der Waals surface area contributed by atoms with E-state index in [0.717, 1.165) is 0 Å². The van der Waals surface area contributed by atoms with E-state index in [0.29, 0.717) is 0 Å². The van der Waals surface area contributed by atoms with Crippen molar-refractivity contribution in [3.63, 3.8) is 0 Å². The Labute approximate surface area is 60.6 Å². The predicted molar refractivity (Wildman–Crippen MR) is 32.9 cm³/mol. The van der Waals surface area contributed by atoms with E-state index in [1.807, 2.05) is 0 Å². The maximum atomic E-state index is 9.37. The van der Waals surface area contributed by atoms with Crippen LogP contribution in [0, 0.1) is 0 Å². The van der Waals surface area contributed by atoms with E-state index in [4.69, 9.17) is 0 Å². The van der Waals surface area contributed by atoms with E-state index in [-0.39, 0.29) is 18.5 Å².